The Kier molecular flexibility index (Phi) is 5.25. The van der Waals surface area contributed by atoms with Crippen molar-refractivity contribution in [1.82, 2.24) is 4.98 Å². The van der Waals surface area contributed by atoms with E-state index in [9.17, 15) is 0 Å². The molecule has 112 valence electrons. The maximum atomic E-state index is 4.80. The van der Waals surface area contributed by atoms with Gasteiger partial charge in [0.2, 0.25) is 0 Å². The Morgan fingerprint density at radius 2 is 1.67 bits per heavy atom. The van der Waals surface area contributed by atoms with E-state index in [0.717, 1.165) is 0 Å². The Morgan fingerprint density at radius 1 is 1.00 bits per heavy atom. The first kappa shape index (κ1) is 16.7. The van der Waals surface area contributed by atoms with Gasteiger partial charge in [0.15, 0.2) is 0 Å². The molecule has 0 N–H and O–H groups in total. The Labute approximate surface area is 143 Å². The van der Waals surface area contributed by atoms with E-state index in [1.54, 1.807) is 5.19 Å². The van der Waals surface area contributed by atoms with Gasteiger partial charge in [-0.2, -0.15) is 0 Å². The molecule has 0 saturated carbocycles. The molecule has 1 aromatic heterocycles. The van der Waals surface area contributed by atoms with Crippen molar-refractivity contribution in [3.8, 4) is 0 Å². The number of halogens is 1. The van der Waals surface area contributed by atoms with E-state index in [1.165, 1.54) is 14.5 Å². The van der Waals surface area contributed by atoms with Gasteiger partial charge in [-0.25, -0.2) is 0 Å². The second kappa shape index (κ2) is 6.61. The number of aryl methyl sites for hydroxylation is 1. The van der Waals surface area contributed by atoms with Gasteiger partial charge in [0.25, 0.3) is 0 Å². The molecule has 1 aromatic carbocycles. The third kappa shape index (κ3) is 2.95. The Balaban J connectivity index is 2.81. The van der Waals surface area contributed by atoms with E-state index in [4.69, 9.17) is 4.98 Å². The highest BCUT2D eigenvalue weighted by molar-refractivity contribution is 14.1. The maximum Gasteiger partial charge on any atom is 0.147 e. The second-order valence-electron chi connectivity index (χ2n) is 6.38. The SMILES string of the molecule is Cc1ccc(I)c([Si](c2ccccn2)(C(C)C)C(C)C)c1. The quantitative estimate of drug-likeness (QED) is 0.540. The first-order valence-corrected chi connectivity index (χ1v) is 10.8. The number of aromatic nitrogens is 1. The Bertz CT molecular complexity index is 600. The molecule has 3 heteroatoms. The fourth-order valence-electron chi connectivity index (χ4n) is 3.58. The lowest BCUT2D eigenvalue weighted by Crippen LogP contribution is -2.64. The van der Waals surface area contributed by atoms with Gasteiger partial charge in [0, 0.05) is 15.1 Å². The number of nitrogens with zero attached hydrogens (tertiary/aromatic N) is 1. The molecule has 0 radical (unpaired) electrons. The number of benzene rings is 1. The normalized spacial score (nSPS) is 12.2. The monoisotopic (exact) mass is 409 g/mol. The molecule has 0 amide bonds. The van der Waals surface area contributed by atoms with E-state index in [0.29, 0.717) is 11.1 Å². The van der Waals surface area contributed by atoms with Crippen LogP contribution in [0.1, 0.15) is 33.3 Å². The minimum Gasteiger partial charge on any atom is -0.266 e. The summed E-state index contributed by atoms with van der Waals surface area (Å²) < 4.78 is 1.39. The van der Waals surface area contributed by atoms with Crippen LogP contribution in [0.25, 0.3) is 0 Å². The highest BCUT2D eigenvalue weighted by Gasteiger charge is 2.45. The highest BCUT2D eigenvalue weighted by atomic mass is 127. The molecular formula is C18H24INSi. The van der Waals surface area contributed by atoms with Gasteiger partial charge >= 0.3 is 0 Å². The van der Waals surface area contributed by atoms with Crippen LogP contribution in [-0.2, 0) is 0 Å². The van der Waals surface area contributed by atoms with Crippen molar-refractivity contribution >= 4 is 41.2 Å². The van der Waals surface area contributed by atoms with Crippen molar-refractivity contribution < 1.29 is 0 Å². The standard InChI is InChI=1S/C18H24INSi/c1-13(2)21(14(3)4,18-8-6-7-11-20-18)17-12-15(5)9-10-16(17)19/h6-14H,1-5H3. The predicted octanol–water partition coefficient (Wildman–Crippen LogP) is 4.38. The van der Waals surface area contributed by atoms with Crippen molar-refractivity contribution in [3.05, 3.63) is 51.7 Å². The first-order chi connectivity index (χ1) is 9.90. The number of hydrogen-bond donors (Lipinski definition) is 0. The molecule has 0 fully saturated rings. The zero-order valence-electron chi connectivity index (χ0n) is 13.5. The summed E-state index contributed by atoms with van der Waals surface area (Å²) >= 11 is 2.50. The third-order valence-electron chi connectivity index (χ3n) is 4.48. The molecule has 1 heterocycles. The minimum absolute atomic E-state index is 0.614. The molecule has 1 nitrogen and oxygen atoms in total. The van der Waals surface area contributed by atoms with E-state index in [-0.39, 0.29) is 0 Å². The third-order valence-corrected chi connectivity index (χ3v) is 12.0. The molecular weight excluding hydrogens is 385 g/mol. The summed E-state index contributed by atoms with van der Waals surface area (Å²) in [7, 11) is -1.90. The van der Waals surface area contributed by atoms with Crippen molar-refractivity contribution in [2.75, 3.05) is 0 Å². The molecule has 0 aliphatic heterocycles. The fraction of sp³-hybridized carbons (Fsp3) is 0.389. The Morgan fingerprint density at radius 3 is 2.19 bits per heavy atom. The molecule has 21 heavy (non-hydrogen) atoms. The van der Waals surface area contributed by atoms with Crippen LogP contribution < -0.4 is 10.5 Å². The zero-order chi connectivity index (χ0) is 15.6. The summed E-state index contributed by atoms with van der Waals surface area (Å²) in [4.78, 5) is 4.80. The molecule has 0 aliphatic carbocycles. The molecule has 2 rings (SSSR count). The summed E-state index contributed by atoms with van der Waals surface area (Å²) in [6, 6.07) is 13.3. The van der Waals surface area contributed by atoms with E-state index < -0.39 is 8.07 Å². The van der Waals surface area contributed by atoms with Crippen LogP contribution in [0.15, 0.2) is 42.6 Å². The molecule has 0 atom stereocenters. The van der Waals surface area contributed by atoms with Crippen LogP contribution in [0.4, 0.5) is 0 Å². The summed E-state index contributed by atoms with van der Waals surface area (Å²) in [5.41, 5.74) is 2.57. The van der Waals surface area contributed by atoms with E-state index in [1.807, 2.05) is 12.3 Å². The molecule has 0 saturated heterocycles. The van der Waals surface area contributed by atoms with E-state index in [2.05, 4.69) is 87.5 Å². The van der Waals surface area contributed by atoms with Crippen LogP contribution >= 0.6 is 22.6 Å². The van der Waals surface area contributed by atoms with Crippen LogP contribution in [0.2, 0.25) is 11.1 Å². The lowest BCUT2D eigenvalue weighted by atomic mass is 10.2. The van der Waals surface area contributed by atoms with Crippen molar-refractivity contribution in [2.45, 2.75) is 45.7 Å². The van der Waals surface area contributed by atoms with Crippen molar-refractivity contribution in [3.63, 3.8) is 0 Å². The number of rotatable bonds is 4. The van der Waals surface area contributed by atoms with Gasteiger partial charge in [-0.15, -0.1) is 0 Å². The van der Waals surface area contributed by atoms with Crippen LogP contribution in [0.5, 0.6) is 0 Å². The summed E-state index contributed by atoms with van der Waals surface area (Å²) in [6.07, 6.45) is 1.95. The average Bonchev–Trinajstić information content (AvgIpc) is 2.44. The van der Waals surface area contributed by atoms with Gasteiger partial charge < -0.3 is 0 Å². The largest absolute Gasteiger partial charge is 0.266 e. The molecule has 2 aromatic rings. The number of pyridine rings is 1. The molecule has 0 aliphatic rings. The lowest BCUT2D eigenvalue weighted by Gasteiger charge is -2.40. The van der Waals surface area contributed by atoms with Gasteiger partial charge in [-0.05, 0) is 64.0 Å². The van der Waals surface area contributed by atoms with Crippen molar-refractivity contribution in [2.24, 2.45) is 0 Å². The second-order valence-corrected chi connectivity index (χ2v) is 12.6. The molecule has 0 bridgehead atoms. The lowest BCUT2D eigenvalue weighted by molar-refractivity contribution is 0.922. The Hall–Kier alpha value is -0.683. The van der Waals surface area contributed by atoms with Gasteiger partial charge in [0.1, 0.15) is 8.07 Å². The zero-order valence-corrected chi connectivity index (χ0v) is 16.7. The highest BCUT2D eigenvalue weighted by Crippen LogP contribution is 2.32. The first-order valence-electron chi connectivity index (χ1n) is 7.58. The fourth-order valence-corrected chi connectivity index (χ4v) is 10.9. The number of hydrogen-bond acceptors (Lipinski definition) is 1. The van der Waals surface area contributed by atoms with Gasteiger partial charge in [-0.3, -0.25) is 4.98 Å². The van der Waals surface area contributed by atoms with Gasteiger partial charge in [-0.1, -0.05) is 51.5 Å². The minimum atomic E-state index is -1.90. The van der Waals surface area contributed by atoms with Crippen molar-refractivity contribution in [1.29, 1.82) is 0 Å². The van der Waals surface area contributed by atoms with Crippen LogP contribution in [0.3, 0.4) is 0 Å². The van der Waals surface area contributed by atoms with Gasteiger partial charge in [0.05, 0.1) is 0 Å². The topological polar surface area (TPSA) is 12.9 Å². The summed E-state index contributed by atoms with van der Waals surface area (Å²) in [5, 5.41) is 2.87. The molecule has 0 unspecified atom stereocenters. The maximum absolute atomic E-state index is 4.80. The van der Waals surface area contributed by atoms with E-state index >= 15 is 0 Å². The summed E-state index contributed by atoms with van der Waals surface area (Å²) in [6.45, 7) is 11.7. The summed E-state index contributed by atoms with van der Waals surface area (Å²) in [5.74, 6) is 0. The predicted molar refractivity (Wildman–Crippen MR) is 103 cm³/mol. The smallest absolute Gasteiger partial charge is 0.147 e. The van der Waals surface area contributed by atoms with Crippen LogP contribution in [-0.4, -0.2) is 13.1 Å². The van der Waals surface area contributed by atoms with Crippen LogP contribution in [0, 0.1) is 10.5 Å². The average molecular weight is 409 g/mol. The molecule has 0 spiro atoms.